The Morgan fingerprint density at radius 2 is 2.06 bits per heavy atom. The molecule has 0 saturated heterocycles. The molecule has 0 aliphatic rings. The first kappa shape index (κ1) is 16.6. The standard InChI is InChI=1S/C9H14ClN3O2S.ClH/c1-2-11-3-4-13-16(14,15)9-5-8(10)6-12-7-9;/h5-7,11,13H,2-4H2,1H3;1H. The molecule has 17 heavy (non-hydrogen) atoms. The van der Waals surface area contributed by atoms with Gasteiger partial charge in [0.2, 0.25) is 10.0 Å². The van der Waals surface area contributed by atoms with Crippen LogP contribution in [0.2, 0.25) is 5.02 Å². The van der Waals surface area contributed by atoms with E-state index in [2.05, 4.69) is 15.0 Å². The van der Waals surface area contributed by atoms with Crippen LogP contribution < -0.4 is 10.0 Å². The van der Waals surface area contributed by atoms with Crippen LogP contribution in [0.5, 0.6) is 0 Å². The van der Waals surface area contributed by atoms with Crippen LogP contribution in [0.4, 0.5) is 0 Å². The third-order valence-electron chi connectivity index (χ3n) is 1.83. The van der Waals surface area contributed by atoms with Crippen LogP contribution in [-0.2, 0) is 10.0 Å². The Kier molecular flexibility index (Phi) is 7.65. The topological polar surface area (TPSA) is 71.1 Å². The Balaban J connectivity index is 0.00000256. The number of rotatable bonds is 6. The molecule has 0 unspecified atom stereocenters. The number of hydrogen-bond donors (Lipinski definition) is 2. The lowest BCUT2D eigenvalue weighted by atomic mass is 10.5. The van der Waals surface area contributed by atoms with Gasteiger partial charge in [0.05, 0.1) is 5.02 Å². The summed E-state index contributed by atoms with van der Waals surface area (Å²) >= 11 is 5.67. The maximum Gasteiger partial charge on any atom is 0.242 e. The number of nitrogens with zero attached hydrogens (tertiary/aromatic N) is 1. The molecule has 1 aromatic heterocycles. The van der Waals surface area contributed by atoms with Crippen molar-refractivity contribution >= 4 is 34.0 Å². The molecule has 0 saturated carbocycles. The fourth-order valence-corrected chi connectivity index (χ4v) is 2.33. The molecule has 0 fully saturated rings. The molecule has 0 spiro atoms. The van der Waals surface area contributed by atoms with Crippen LogP contribution in [-0.4, -0.2) is 33.0 Å². The Labute approximate surface area is 112 Å². The Morgan fingerprint density at radius 3 is 2.65 bits per heavy atom. The number of hydrogen-bond acceptors (Lipinski definition) is 4. The first-order valence-corrected chi connectivity index (χ1v) is 6.73. The second kappa shape index (κ2) is 7.84. The molecule has 0 aliphatic carbocycles. The lowest BCUT2D eigenvalue weighted by molar-refractivity contribution is 0.577. The summed E-state index contributed by atoms with van der Waals surface area (Å²) in [6.45, 7) is 3.68. The Hall–Kier alpha value is -0.400. The van der Waals surface area contributed by atoms with Crippen LogP contribution in [0, 0.1) is 0 Å². The van der Waals surface area contributed by atoms with E-state index in [0.29, 0.717) is 18.1 Å². The van der Waals surface area contributed by atoms with Crippen LogP contribution in [0.3, 0.4) is 0 Å². The average Bonchev–Trinajstić information content (AvgIpc) is 2.24. The summed E-state index contributed by atoms with van der Waals surface area (Å²) in [5.41, 5.74) is 0. The van der Waals surface area contributed by atoms with E-state index in [1.54, 1.807) is 0 Å². The summed E-state index contributed by atoms with van der Waals surface area (Å²) in [7, 11) is -3.50. The van der Waals surface area contributed by atoms with Crippen molar-refractivity contribution in [3.63, 3.8) is 0 Å². The molecule has 0 bridgehead atoms. The summed E-state index contributed by atoms with van der Waals surface area (Å²) < 4.78 is 25.9. The summed E-state index contributed by atoms with van der Waals surface area (Å²) in [5, 5.41) is 3.32. The molecule has 0 atom stereocenters. The van der Waals surface area contributed by atoms with Gasteiger partial charge in [-0.05, 0) is 12.6 Å². The quantitative estimate of drug-likeness (QED) is 0.770. The fraction of sp³-hybridized carbons (Fsp3) is 0.444. The minimum Gasteiger partial charge on any atom is -0.316 e. The first-order chi connectivity index (χ1) is 7.56. The second-order valence-electron chi connectivity index (χ2n) is 3.09. The van der Waals surface area contributed by atoms with E-state index in [1.165, 1.54) is 18.5 Å². The van der Waals surface area contributed by atoms with Crippen molar-refractivity contribution in [3.05, 3.63) is 23.5 Å². The summed E-state index contributed by atoms with van der Waals surface area (Å²) in [4.78, 5) is 3.81. The van der Waals surface area contributed by atoms with Crippen LogP contribution in [0.15, 0.2) is 23.4 Å². The van der Waals surface area contributed by atoms with E-state index in [0.717, 1.165) is 6.54 Å². The van der Waals surface area contributed by atoms with Crippen LogP contribution in [0.25, 0.3) is 0 Å². The van der Waals surface area contributed by atoms with Gasteiger partial charge < -0.3 is 5.32 Å². The molecule has 1 aromatic rings. The van der Waals surface area contributed by atoms with Crippen LogP contribution in [0.1, 0.15) is 6.92 Å². The fourth-order valence-electron chi connectivity index (χ4n) is 1.07. The van der Waals surface area contributed by atoms with E-state index in [4.69, 9.17) is 11.6 Å². The maximum atomic E-state index is 11.7. The van der Waals surface area contributed by atoms with Crippen molar-refractivity contribution in [2.45, 2.75) is 11.8 Å². The highest BCUT2D eigenvalue weighted by Gasteiger charge is 2.13. The second-order valence-corrected chi connectivity index (χ2v) is 5.29. The Morgan fingerprint density at radius 1 is 1.35 bits per heavy atom. The highest BCUT2D eigenvalue weighted by atomic mass is 35.5. The number of pyridine rings is 1. The zero-order chi connectivity index (χ0) is 12.0. The van der Waals surface area contributed by atoms with Gasteiger partial charge in [0, 0.05) is 25.5 Å². The lowest BCUT2D eigenvalue weighted by Crippen LogP contribution is -2.31. The number of likely N-dealkylation sites (N-methyl/N-ethyl adjacent to an activating group) is 1. The molecule has 8 heteroatoms. The molecule has 0 radical (unpaired) electrons. The van der Waals surface area contributed by atoms with E-state index in [1.807, 2.05) is 6.92 Å². The highest BCUT2D eigenvalue weighted by Crippen LogP contribution is 2.12. The third-order valence-corrected chi connectivity index (χ3v) is 3.47. The van der Waals surface area contributed by atoms with Gasteiger partial charge in [-0.25, -0.2) is 13.1 Å². The summed E-state index contributed by atoms with van der Waals surface area (Å²) in [5.74, 6) is 0. The first-order valence-electron chi connectivity index (χ1n) is 4.87. The largest absolute Gasteiger partial charge is 0.316 e. The molecule has 0 amide bonds. The smallest absolute Gasteiger partial charge is 0.242 e. The molecule has 1 rings (SSSR count). The molecule has 0 aliphatic heterocycles. The van der Waals surface area contributed by atoms with Gasteiger partial charge in [-0.1, -0.05) is 18.5 Å². The van der Waals surface area contributed by atoms with Gasteiger partial charge in [0.15, 0.2) is 0 Å². The predicted molar refractivity (Wildman–Crippen MR) is 70.2 cm³/mol. The number of sulfonamides is 1. The van der Waals surface area contributed by atoms with E-state index < -0.39 is 10.0 Å². The average molecular weight is 300 g/mol. The zero-order valence-electron chi connectivity index (χ0n) is 9.31. The van der Waals surface area contributed by atoms with Crippen molar-refractivity contribution in [2.75, 3.05) is 19.6 Å². The van der Waals surface area contributed by atoms with Crippen molar-refractivity contribution in [2.24, 2.45) is 0 Å². The molecule has 2 N–H and O–H groups in total. The van der Waals surface area contributed by atoms with Crippen molar-refractivity contribution in [1.82, 2.24) is 15.0 Å². The maximum absolute atomic E-state index is 11.7. The van der Waals surface area contributed by atoms with Crippen molar-refractivity contribution in [1.29, 1.82) is 0 Å². The number of halogens is 2. The zero-order valence-corrected chi connectivity index (χ0v) is 11.7. The Bertz CT molecular complexity index is 440. The number of aromatic nitrogens is 1. The number of nitrogens with one attached hydrogen (secondary N) is 2. The normalized spacial score (nSPS) is 10.9. The molecular formula is C9H15Cl2N3O2S. The molecule has 5 nitrogen and oxygen atoms in total. The molecule has 1 heterocycles. The van der Waals surface area contributed by atoms with E-state index in [9.17, 15) is 8.42 Å². The molecule has 98 valence electrons. The van der Waals surface area contributed by atoms with Crippen molar-refractivity contribution in [3.8, 4) is 0 Å². The van der Waals surface area contributed by atoms with Crippen molar-refractivity contribution < 1.29 is 8.42 Å². The summed E-state index contributed by atoms with van der Waals surface area (Å²) in [6, 6.07) is 1.37. The van der Waals surface area contributed by atoms with E-state index >= 15 is 0 Å². The molecule has 0 aromatic carbocycles. The van der Waals surface area contributed by atoms with Gasteiger partial charge in [-0.3, -0.25) is 4.98 Å². The van der Waals surface area contributed by atoms with Gasteiger partial charge >= 0.3 is 0 Å². The minimum absolute atomic E-state index is 0. The van der Waals surface area contributed by atoms with Gasteiger partial charge in [-0.15, -0.1) is 12.4 Å². The monoisotopic (exact) mass is 299 g/mol. The lowest BCUT2D eigenvalue weighted by Gasteiger charge is -2.06. The van der Waals surface area contributed by atoms with E-state index in [-0.39, 0.29) is 17.3 Å². The SMILES string of the molecule is CCNCCNS(=O)(=O)c1cncc(Cl)c1.Cl. The third kappa shape index (κ3) is 5.65. The van der Waals surface area contributed by atoms with Gasteiger partial charge in [0.25, 0.3) is 0 Å². The predicted octanol–water partition coefficient (Wildman–Crippen LogP) is 1.04. The highest BCUT2D eigenvalue weighted by molar-refractivity contribution is 7.89. The van der Waals surface area contributed by atoms with Crippen LogP contribution >= 0.6 is 24.0 Å². The minimum atomic E-state index is -3.50. The van der Waals surface area contributed by atoms with Gasteiger partial charge in [-0.2, -0.15) is 0 Å². The molecular weight excluding hydrogens is 285 g/mol. The van der Waals surface area contributed by atoms with Gasteiger partial charge in [0.1, 0.15) is 4.90 Å². The summed E-state index contributed by atoms with van der Waals surface area (Å²) in [6.07, 6.45) is 2.65.